The van der Waals surface area contributed by atoms with Crippen LogP contribution in [-0.4, -0.2) is 35.1 Å². The molecule has 0 radical (unpaired) electrons. The van der Waals surface area contributed by atoms with Crippen LogP contribution in [0, 0.1) is 0 Å². The first-order chi connectivity index (χ1) is 10.1. The lowest BCUT2D eigenvalue weighted by atomic mass is 10.3. The highest BCUT2D eigenvalue weighted by Gasteiger charge is 2.07. The van der Waals surface area contributed by atoms with Crippen molar-refractivity contribution >= 4 is 29.0 Å². The molecule has 1 heterocycles. The summed E-state index contributed by atoms with van der Waals surface area (Å²) in [6.45, 7) is 5.30. The number of nitrogens with one attached hydrogen (secondary N) is 3. The van der Waals surface area contributed by atoms with Gasteiger partial charge < -0.3 is 15.0 Å². The number of para-hydroxylation sites is 2. The lowest BCUT2D eigenvalue weighted by Crippen LogP contribution is -2.32. The molecule has 0 spiro atoms. The molecule has 1 aromatic heterocycles. The first kappa shape index (κ1) is 14.6. The second-order valence-electron chi connectivity index (χ2n) is 4.40. The Morgan fingerprint density at radius 3 is 2.86 bits per heavy atom. The van der Waals surface area contributed by atoms with Crippen LogP contribution in [0.3, 0.4) is 0 Å². The Morgan fingerprint density at radius 1 is 1.38 bits per heavy atom. The van der Waals surface area contributed by atoms with Crippen molar-refractivity contribution in [1.29, 1.82) is 0 Å². The molecule has 3 N–H and O–H groups in total. The Bertz CT molecular complexity index is 645. The lowest BCUT2D eigenvalue weighted by Gasteiger charge is -2.06. The summed E-state index contributed by atoms with van der Waals surface area (Å²) >= 11 is 0. The zero-order valence-corrected chi connectivity index (χ0v) is 11.6. The van der Waals surface area contributed by atoms with Gasteiger partial charge in [0.25, 0.3) is 0 Å². The molecule has 0 bridgehead atoms. The number of amides is 2. The van der Waals surface area contributed by atoms with Crippen LogP contribution in [0.15, 0.2) is 36.4 Å². The predicted octanol–water partition coefficient (Wildman–Crippen LogP) is 1.80. The molecule has 0 atom stereocenters. The van der Waals surface area contributed by atoms with E-state index in [4.69, 9.17) is 4.74 Å². The van der Waals surface area contributed by atoms with Crippen LogP contribution in [-0.2, 0) is 9.53 Å². The van der Waals surface area contributed by atoms with Gasteiger partial charge in [0.05, 0.1) is 17.6 Å². The smallest absolute Gasteiger partial charge is 0.333 e. The lowest BCUT2D eigenvalue weighted by molar-refractivity contribution is -0.138. The van der Waals surface area contributed by atoms with E-state index in [1.807, 2.05) is 24.3 Å². The first-order valence-electron chi connectivity index (χ1n) is 6.38. The molecule has 0 fully saturated rings. The van der Waals surface area contributed by atoms with Crippen molar-refractivity contribution in [2.75, 3.05) is 18.5 Å². The minimum absolute atomic E-state index is 0.0826. The second-order valence-corrected chi connectivity index (χ2v) is 4.40. The van der Waals surface area contributed by atoms with Gasteiger partial charge in [0.2, 0.25) is 5.95 Å². The number of urea groups is 1. The summed E-state index contributed by atoms with van der Waals surface area (Å²) in [6, 6.07) is 7.01. The highest BCUT2D eigenvalue weighted by molar-refractivity contribution is 5.90. The Hall–Kier alpha value is -2.83. The first-order valence-corrected chi connectivity index (χ1v) is 6.38. The number of carbonyl (C=O) groups excluding carboxylic acids is 2. The SMILES string of the molecule is C=C(C)C(=O)OCCNC(=O)Nc1nc2ccccc2[nH]1. The molecule has 0 saturated carbocycles. The number of benzene rings is 1. The van der Waals surface area contributed by atoms with Crippen molar-refractivity contribution in [2.45, 2.75) is 6.92 Å². The van der Waals surface area contributed by atoms with E-state index in [0.29, 0.717) is 11.5 Å². The maximum absolute atomic E-state index is 11.6. The van der Waals surface area contributed by atoms with Gasteiger partial charge >= 0.3 is 12.0 Å². The van der Waals surface area contributed by atoms with Gasteiger partial charge in [-0.15, -0.1) is 0 Å². The van der Waals surface area contributed by atoms with Crippen molar-refractivity contribution in [2.24, 2.45) is 0 Å². The molecule has 7 heteroatoms. The van der Waals surface area contributed by atoms with Gasteiger partial charge in [0, 0.05) is 5.57 Å². The normalized spacial score (nSPS) is 10.1. The van der Waals surface area contributed by atoms with E-state index in [-0.39, 0.29) is 13.2 Å². The number of fused-ring (bicyclic) bond motifs is 1. The minimum Gasteiger partial charge on any atom is -0.460 e. The van der Waals surface area contributed by atoms with E-state index >= 15 is 0 Å². The molecule has 7 nitrogen and oxygen atoms in total. The Morgan fingerprint density at radius 2 is 2.14 bits per heavy atom. The number of imidazole rings is 1. The van der Waals surface area contributed by atoms with E-state index in [0.717, 1.165) is 11.0 Å². The highest BCUT2D eigenvalue weighted by Crippen LogP contribution is 2.12. The molecule has 0 aliphatic rings. The third-order valence-corrected chi connectivity index (χ3v) is 2.59. The summed E-state index contributed by atoms with van der Waals surface area (Å²) < 4.78 is 4.85. The fraction of sp³-hybridized carbons (Fsp3) is 0.214. The topological polar surface area (TPSA) is 96.1 Å². The van der Waals surface area contributed by atoms with Crippen molar-refractivity contribution in [3.05, 3.63) is 36.4 Å². The monoisotopic (exact) mass is 288 g/mol. The molecule has 2 rings (SSSR count). The highest BCUT2D eigenvalue weighted by atomic mass is 16.5. The fourth-order valence-corrected chi connectivity index (χ4v) is 1.60. The molecule has 21 heavy (non-hydrogen) atoms. The third kappa shape index (κ3) is 4.07. The molecular weight excluding hydrogens is 272 g/mol. The molecule has 0 saturated heterocycles. The number of aromatic amines is 1. The number of carbonyl (C=O) groups is 2. The summed E-state index contributed by atoms with van der Waals surface area (Å²) in [6.07, 6.45) is 0. The van der Waals surface area contributed by atoms with Crippen LogP contribution in [0.4, 0.5) is 10.7 Å². The van der Waals surface area contributed by atoms with E-state index in [1.54, 1.807) is 6.92 Å². The number of esters is 1. The van der Waals surface area contributed by atoms with E-state index in [9.17, 15) is 9.59 Å². The van der Waals surface area contributed by atoms with Gasteiger partial charge in [-0.05, 0) is 19.1 Å². The van der Waals surface area contributed by atoms with Gasteiger partial charge in [0.15, 0.2) is 0 Å². The molecule has 2 amide bonds. The number of hydrogen-bond acceptors (Lipinski definition) is 4. The zero-order chi connectivity index (χ0) is 15.2. The third-order valence-electron chi connectivity index (χ3n) is 2.59. The number of aromatic nitrogens is 2. The van der Waals surface area contributed by atoms with Gasteiger partial charge in [-0.3, -0.25) is 5.32 Å². The number of anilines is 1. The molecule has 110 valence electrons. The van der Waals surface area contributed by atoms with E-state index in [2.05, 4.69) is 27.2 Å². The predicted molar refractivity (Wildman–Crippen MR) is 78.9 cm³/mol. The van der Waals surface area contributed by atoms with Gasteiger partial charge in [0.1, 0.15) is 6.61 Å². The Kier molecular flexibility index (Phi) is 4.55. The zero-order valence-electron chi connectivity index (χ0n) is 11.6. The number of hydrogen-bond donors (Lipinski definition) is 3. The average molecular weight is 288 g/mol. The number of nitrogens with zero attached hydrogens (tertiary/aromatic N) is 1. The summed E-state index contributed by atoms with van der Waals surface area (Å²) in [5.74, 6) is -0.123. The van der Waals surface area contributed by atoms with Crippen LogP contribution >= 0.6 is 0 Å². The Labute approximate surface area is 121 Å². The summed E-state index contributed by atoms with van der Waals surface area (Å²) in [5.41, 5.74) is 1.92. The van der Waals surface area contributed by atoms with Crippen LogP contribution < -0.4 is 10.6 Å². The van der Waals surface area contributed by atoms with Gasteiger partial charge in [-0.1, -0.05) is 18.7 Å². The van der Waals surface area contributed by atoms with Crippen LogP contribution in [0.25, 0.3) is 11.0 Å². The molecule has 0 unspecified atom stereocenters. The molecular formula is C14H16N4O3. The van der Waals surface area contributed by atoms with Crippen molar-refractivity contribution in [3.8, 4) is 0 Å². The molecule has 0 aliphatic heterocycles. The standard InChI is InChI=1S/C14H16N4O3/c1-9(2)12(19)21-8-7-15-14(20)18-13-16-10-5-3-4-6-11(10)17-13/h3-6H,1,7-8H2,2H3,(H3,15,16,17,18,20). The quantitative estimate of drug-likeness (QED) is 0.444. The van der Waals surface area contributed by atoms with Crippen molar-refractivity contribution in [3.63, 3.8) is 0 Å². The van der Waals surface area contributed by atoms with E-state index < -0.39 is 12.0 Å². The fourth-order valence-electron chi connectivity index (χ4n) is 1.60. The summed E-state index contributed by atoms with van der Waals surface area (Å²) in [5, 5.41) is 5.12. The maximum Gasteiger partial charge on any atom is 0.333 e. The summed E-state index contributed by atoms with van der Waals surface area (Å²) in [4.78, 5) is 29.9. The number of rotatable bonds is 5. The molecule has 2 aromatic rings. The van der Waals surface area contributed by atoms with Crippen LogP contribution in [0.1, 0.15) is 6.92 Å². The van der Waals surface area contributed by atoms with Crippen molar-refractivity contribution < 1.29 is 14.3 Å². The van der Waals surface area contributed by atoms with Crippen molar-refractivity contribution in [1.82, 2.24) is 15.3 Å². The van der Waals surface area contributed by atoms with E-state index in [1.165, 1.54) is 0 Å². The largest absolute Gasteiger partial charge is 0.460 e. The van der Waals surface area contributed by atoms with Gasteiger partial charge in [-0.2, -0.15) is 0 Å². The number of H-pyrrole nitrogens is 1. The summed E-state index contributed by atoms with van der Waals surface area (Å²) in [7, 11) is 0. The molecule has 1 aromatic carbocycles. The average Bonchev–Trinajstić information content (AvgIpc) is 2.85. The minimum atomic E-state index is -0.477. The number of ether oxygens (including phenoxy) is 1. The maximum atomic E-state index is 11.6. The Balaban J connectivity index is 1.77. The molecule has 0 aliphatic carbocycles. The van der Waals surface area contributed by atoms with Crippen LogP contribution in [0.5, 0.6) is 0 Å². The second kappa shape index (κ2) is 6.56. The van der Waals surface area contributed by atoms with Crippen LogP contribution in [0.2, 0.25) is 0 Å². The van der Waals surface area contributed by atoms with Gasteiger partial charge in [-0.25, -0.2) is 14.6 Å².